The third-order valence-corrected chi connectivity index (χ3v) is 6.65. The summed E-state index contributed by atoms with van der Waals surface area (Å²) in [6, 6.07) is 0. The number of benzene rings is 1. The van der Waals surface area contributed by atoms with E-state index in [0.717, 1.165) is 49.3 Å². The number of piperazine rings is 1. The Morgan fingerprint density at radius 2 is 1.61 bits per heavy atom. The van der Waals surface area contributed by atoms with Gasteiger partial charge in [-0.1, -0.05) is 5.11 Å². The average Bonchev–Trinajstić information content (AvgIpc) is 2.84. The van der Waals surface area contributed by atoms with Gasteiger partial charge >= 0.3 is 7.12 Å². The van der Waals surface area contributed by atoms with Gasteiger partial charge < -0.3 is 14.6 Å². The van der Waals surface area contributed by atoms with Crippen molar-refractivity contribution in [3.8, 4) is 0 Å². The Hall–Kier alpha value is -1.57. The van der Waals surface area contributed by atoms with E-state index in [-0.39, 0.29) is 0 Å². The second kappa shape index (κ2) is 7.69. The van der Waals surface area contributed by atoms with Crippen molar-refractivity contribution in [2.24, 2.45) is 5.11 Å². The number of nitrogens with one attached hydrogen (secondary N) is 1. The van der Waals surface area contributed by atoms with Crippen molar-refractivity contribution in [2.45, 2.75) is 66.2 Å². The van der Waals surface area contributed by atoms with E-state index < -0.39 is 18.3 Å². The second-order valence-corrected chi connectivity index (χ2v) is 8.92. The van der Waals surface area contributed by atoms with Crippen molar-refractivity contribution in [1.82, 2.24) is 10.2 Å². The first-order chi connectivity index (χ1) is 13.1. The monoisotopic (exact) mass is 385 g/mol. The van der Waals surface area contributed by atoms with E-state index in [9.17, 15) is 0 Å². The lowest BCUT2D eigenvalue weighted by atomic mass is 9.70. The minimum atomic E-state index is -0.472. The molecule has 2 saturated heterocycles. The minimum absolute atomic E-state index is 0.418. The maximum absolute atomic E-state index is 9.15. The first-order valence-corrected chi connectivity index (χ1v) is 10.1. The largest absolute Gasteiger partial charge is 0.495 e. The molecule has 0 spiro atoms. The molecular weight excluding hydrogens is 353 g/mol. The highest BCUT2D eigenvalue weighted by molar-refractivity contribution is 6.63. The first kappa shape index (κ1) is 21.2. The van der Waals surface area contributed by atoms with Crippen LogP contribution in [0.2, 0.25) is 0 Å². The molecule has 1 aromatic carbocycles. The highest BCUT2D eigenvalue weighted by atomic mass is 16.7. The molecule has 0 amide bonds. The van der Waals surface area contributed by atoms with Crippen LogP contribution in [0.15, 0.2) is 5.11 Å². The summed E-state index contributed by atoms with van der Waals surface area (Å²) >= 11 is 0. The molecule has 2 heterocycles. The van der Waals surface area contributed by atoms with Gasteiger partial charge in [0.1, 0.15) is 0 Å². The molecule has 7 nitrogen and oxygen atoms in total. The summed E-state index contributed by atoms with van der Waals surface area (Å²) in [5, 5.41) is 7.44. The lowest BCUT2D eigenvalue weighted by molar-refractivity contribution is 0.00578. The zero-order chi connectivity index (χ0) is 20.7. The summed E-state index contributed by atoms with van der Waals surface area (Å²) in [5.41, 5.74) is 14.4. The van der Waals surface area contributed by atoms with Gasteiger partial charge in [0, 0.05) is 43.3 Å². The molecule has 2 fully saturated rings. The average molecular weight is 385 g/mol. The van der Waals surface area contributed by atoms with E-state index in [0.29, 0.717) is 5.69 Å². The van der Waals surface area contributed by atoms with Gasteiger partial charge in [-0.15, -0.1) is 0 Å². The molecule has 0 unspecified atom stereocenters. The molecule has 2 aliphatic heterocycles. The predicted molar refractivity (Wildman–Crippen MR) is 113 cm³/mol. The summed E-state index contributed by atoms with van der Waals surface area (Å²) in [6.07, 6.45) is 0. The molecule has 1 N–H and O–H groups in total. The van der Waals surface area contributed by atoms with Crippen LogP contribution in [-0.2, 0) is 15.9 Å². The van der Waals surface area contributed by atoms with Crippen molar-refractivity contribution >= 4 is 18.3 Å². The Bertz CT molecular complexity index is 796. The quantitative estimate of drug-likeness (QED) is 0.373. The Morgan fingerprint density at radius 1 is 1.04 bits per heavy atom. The van der Waals surface area contributed by atoms with Crippen LogP contribution in [0.3, 0.4) is 0 Å². The predicted octanol–water partition coefficient (Wildman–Crippen LogP) is 3.26. The molecule has 1 aromatic rings. The number of hydrogen-bond acceptors (Lipinski definition) is 5. The fourth-order valence-corrected chi connectivity index (χ4v) is 4.12. The van der Waals surface area contributed by atoms with Crippen molar-refractivity contribution in [2.75, 3.05) is 26.2 Å². The Labute approximate surface area is 168 Å². The summed E-state index contributed by atoms with van der Waals surface area (Å²) in [7, 11) is -0.472. The maximum atomic E-state index is 9.15. The molecule has 2 aliphatic rings. The minimum Gasteiger partial charge on any atom is -0.399 e. The molecule has 152 valence electrons. The lowest BCUT2D eigenvalue weighted by Gasteiger charge is -2.32. The van der Waals surface area contributed by atoms with Gasteiger partial charge in [0.2, 0.25) is 0 Å². The topological polar surface area (TPSA) is 82.5 Å². The number of hydrogen-bond donors (Lipinski definition) is 1. The third-order valence-electron chi connectivity index (χ3n) is 6.65. The molecule has 8 heteroatoms. The second-order valence-electron chi connectivity index (χ2n) is 8.92. The van der Waals surface area contributed by atoms with Crippen LogP contribution in [0.25, 0.3) is 10.4 Å². The van der Waals surface area contributed by atoms with Gasteiger partial charge in [0.25, 0.3) is 0 Å². The van der Waals surface area contributed by atoms with E-state index in [1.165, 1.54) is 11.1 Å². The number of rotatable bonds is 4. The fraction of sp³-hybridized carbons (Fsp3) is 0.700. The standard InChI is InChI=1S/C20H32BN5O2/c1-13-16(12-26-10-8-23-9-11-26)14(2)18(24-25-22)15(3)17(13)21-27-19(4,5)20(6,7)28-21/h23H,8-12H2,1-7H3. The Kier molecular flexibility index (Phi) is 5.81. The van der Waals surface area contributed by atoms with E-state index in [2.05, 4.69) is 61.8 Å². The molecule has 0 aromatic heterocycles. The molecule has 28 heavy (non-hydrogen) atoms. The highest BCUT2D eigenvalue weighted by Crippen LogP contribution is 2.38. The van der Waals surface area contributed by atoms with Crippen LogP contribution in [0.1, 0.15) is 49.9 Å². The molecule has 3 rings (SSSR count). The maximum Gasteiger partial charge on any atom is 0.495 e. The van der Waals surface area contributed by atoms with E-state index in [4.69, 9.17) is 14.8 Å². The van der Waals surface area contributed by atoms with Crippen LogP contribution in [-0.4, -0.2) is 49.4 Å². The molecule has 0 atom stereocenters. The normalized spacial score (nSPS) is 21.6. The van der Waals surface area contributed by atoms with Crippen LogP contribution in [0, 0.1) is 20.8 Å². The SMILES string of the molecule is Cc1c(CN2CCNCC2)c(C)c(B2OC(C)(C)C(C)(C)O2)c(C)c1N=[N+]=[N-]. The molecule has 0 saturated carbocycles. The van der Waals surface area contributed by atoms with Crippen LogP contribution in [0.5, 0.6) is 0 Å². The van der Waals surface area contributed by atoms with Gasteiger partial charge in [-0.3, -0.25) is 4.90 Å². The fourth-order valence-electron chi connectivity index (χ4n) is 4.12. The molecule has 0 radical (unpaired) electrons. The molecule has 0 aliphatic carbocycles. The van der Waals surface area contributed by atoms with Crippen molar-refractivity contribution in [3.63, 3.8) is 0 Å². The summed E-state index contributed by atoms with van der Waals surface area (Å²) in [5.74, 6) is 0. The lowest BCUT2D eigenvalue weighted by Crippen LogP contribution is -2.44. The Morgan fingerprint density at radius 3 is 2.14 bits per heavy atom. The van der Waals surface area contributed by atoms with Gasteiger partial charge in [0.05, 0.1) is 11.2 Å². The molecular formula is C20H32BN5O2. The van der Waals surface area contributed by atoms with E-state index in [1.54, 1.807) is 0 Å². The summed E-state index contributed by atoms with van der Waals surface area (Å²) < 4.78 is 12.7. The van der Waals surface area contributed by atoms with Crippen LogP contribution >= 0.6 is 0 Å². The van der Waals surface area contributed by atoms with Crippen molar-refractivity contribution in [3.05, 3.63) is 32.7 Å². The molecule has 0 bridgehead atoms. The highest BCUT2D eigenvalue weighted by Gasteiger charge is 2.52. The van der Waals surface area contributed by atoms with Crippen LogP contribution < -0.4 is 10.8 Å². The first-order valence-electron chi connectivity index (χ1n) is 10.1. The van der Waals surface area contributed by atoms with Gasteiger partial charge in [-0.2, -0.15) is 0 Å². The Balaban J connectivity index is 2.10. The van der Waals surface area contributed by atoms with Crippen molar-refractivity contribution in [1.29, 1.82) is 0 Å². The van der Waals surface area contributed by atoms with E-state index in [1.807, 2.05) is 6.92 Å². The van der Waals surface area contributed by atoms with Gasteiger partial charge in [0.15, 0.2) is 0 Å². The number of nitrogens with zero attached hydrogens (tertiary/aromatic N) is 4. The summed E-state index contributed by atoms with van der Waals surface area (Å²) in [4.78, 5) is 5.53. The van der Waals surface area contributed by atoms with Gasteiger partial charge in [-0.25, -0.2) is 0 Å². The summed E-state index contributed by atoms with van der Waals surface area (Å²) in [6.45, 7) is 19.3. The smallest absolute Gasteiger partial charge is 0.399 e. The zero-order valence-corrected chi connectivity index (χ0v) is 18.2. The van der Waals surface area contributed by atoms with E-state index >= 15 is 0 Å². The zero-order valence-electron chi connectivity index (χ0n) is 18.2. The van der Waals surface area contributed by atoms with Gasteiger partial charge in [-0.05, 0) is 81.7 Å². The number of azide groups is 1. The van der Waals surface area contributed by atoms with Crippen molar-refractivity contribution < 1.29 is 9.31 Å². The van der Waals surface area contributed by atoms with Crippen LogP contribution in [0.4, 0.5) is 5.69 Å². The third kappa shape index (κ3) is 3.67.